The Kier molecular flexibility index (Phi) is 12.1. The van der Waals surface area contributed by atoms with Crippen molar-refractivity contribution in [3.8, 4) is 0 Å². The number of ether oxygens (including phenoxy) is 1. The second-order valence-electron chi connectivity index (χ2n) is 19.9. The van der Waals surface area contributed by atoms with Crippen LogP contribution in [0.15, 0.2) is 46.0 Å². The molecule has 0 N–H and O–H groups in total. The van der Waals surface area contributed by atoms with E-state index in [2.05, 4.69) is 54.8 Å². The maximum atomic E-state index is 14.5. The first-order valence-corrected chi connectivity index (χ1v) is 21.8. The highest BCUT2D eigenvalue weighted by Gasteiger charge is 2.73. The number of benzene rings is 2. The molecule has 4 aliphatic carbocycles. The van der Waals surface area contributed by atoms with Gasteiger partial charge in [0.15, 0.2) is 0 Å². The molecule has 0 amide bonds. The summed E-state index contributed by atoms with van der Waals surface area (Å²) < 4.78 is 63.5. The second-order valence-corrected chi connectivity index (χ2v) is 21.6. The quantitative estimate of drug-likeness (QED) is 0.288. The van der Waals surface area contributed by atoms with Crippen molar-refractivity contribution in [2.45, 2.75) is 124 Å². The monoisotopic (exact) mass is 871 g/mol. The number of nitrogens with zero attached hydrogens (tertiary/aromatic N) is 1. The van der Waals surface area contributed by atoms with E-state index in [1.54, 1.807) is 18.2 Å². The molecule has 55 heavy (non-hydrogen) atoms. The molecule has 0 spiro atoms. The highest BCUT2D eigenvalue weighted by molar-refractivity contribution is 9.10. The van der Waals surface area contributed by atoms with E-state index in [1.165, 1.54) is 24.1 Å². The molecule has 2 aromatic rings. The van der Waals surface area contributed by atoms with E-state index in [1.807, 2.05) is 53.7 Å². The molecule has 8 rings (SSSR count). The number of halogens is 7. The number of oxime groups is 1. The van der Waals surface area contributed by atoms with Gasteiger partial charge in [-0.15, -0.1) is 0 Å². The predicted molar refractivity (Wildman–Crippen MR) is 220 cm³/mol. The number of hydrogen-bond donors (Lipinski definition) is 0. The van der Waals surface area contributed by atoms with Crippen LogP contribution >= 0.6 is 39.1 Å². The Balaban J connectivity index is 0.000000156. The zero-order valence-electron chi connectivity index (χ0n) is 34.1. The normalized spacial score (nSPS) is 36.9. The number of fused-ring (bicyclic) bond motifs is 2. The average Bonchev–Trinajstić information content (AvgIpc) is 3.58. The van der Waals surface area contributed by atoms with E-state index in [-0.39, 0.29) is 5.41 Å². The smallest absolute Gasteiger partial charge is 0.259 e. The van der Waals surface area contributed by atoms with Gasteiger partial charge in [-0.2, -0.15) is 0 Å². The van der Waals surface area contributed by atoms with Gasteiger partial charge in [-0.05, 0) is 101 Å². The van der Waals surface area contributed by atoms with Crippen LogP contribution < -0.4 is 0 Å². The van der Waals surface area contributed by atoms with Crippen LogP contribution in [0.5, 0.6) is 0 Å². The molecule has 2 aromatic carbocycles. The lowest BCUT2D eigenvalue weighted by Crippen LogP contribution is -2.44. The SMILES string of the molecule is CC(C)(C)C1C(c2ccc(Br)cc2Cl)C1(F)F.C[C@H]1CCC2(c3ccc(C4C(C(C)(C)C)C4(F)F)c(Cl)c3)COCC2[C@@H]1C.C[C@H]1CCC2=NOCC2[C@@H]1C. The highest BCUT2D eigenvalue weighted by Crippen LogP contribution is 2.70. The zero-order valence-corrected chi connectivity index (χ0v) is 37.2. The molecule has 2 aliphatic heterocycles. The van der Waals surface area contributed by atoms with Crippen molar-refractivity contribution in [3.63, 3.8) is 0 Å². The summed E-state index contributed by atoms with van der Waals surface area (Å²) in [7, 11) is 0. The first kappa shape index (κ1) is 43.2. The van der Waals surface area contributed by atoms with Gasteiger partial charge in [0.2, 0.25) is 0 Å². The van der Waals surface area contributed by atoms with Gasteiger partial charge in [-0.25, -0.2) is 17.6 Å². The summed E-state index contributed by atoms with van der Waals surface area (Å²) in [4.78, 5) is 5.10. The molecule has 5 fully saturated rings. The Bertz CT molecular complexity index is 1760. The fourth-order valence-corrected chi connectivity index (χ4v) is 11.7. The third kappa shape index (κ3) is 8.16. The molecule has 6 aliphatic rings. The van der Waals surface area contributed by atoms with Crippen LogP contribution in [0, 0.1) is 58.2 Å². The van der Waals surface area contributed by atoms with Gasteiger partial charge >= 0.3 is 0 Å². The molecule has 11 atom stereocenters. The zero-order chi connectivity index (χ0) is 40.6. The summed E-state index contributed by atoms with van der Waals surface area (Å²) in [5.74, 6) is -4.09. The fourth-order valence-electron chi connectivity index (χ4n) is 10.6. The average molecular weight is 874 g/mol. The molecule has 0 bridgehead atoms. The van der Waals surface area contributed by atoms with Crippen molar-refractivity contribution in [2.75, 3.05) is 19.8 Å². The van der Waals surface area contributed by atoms with Crippen molar-refractivity contribution in [1.29, 1.82) is 0 Å². The van der Waals surface area contributed by atoms with E-state index in [0.717, 1.165) is 42.4 Å². The third-order valence-corrected chi connectivity index (χ3v) is 15.5. The Morgan fingerprint density at radius 1 is 0.745 bits per heavy atom. The van der Waals surface area contributed by atoms with Crippen molar-refractivity contribution in [1.82, 2.24) is 0 Å². The molecule has 3 nitrogen and oxygen atoms in total. The minimum Gasteiger partial charge on any atom is -0.395 e. The molecule has 0 aromatic heterocycles. The molecule has 7 unspecified atom stereocenters. The Morgan fingerprint density at radius 2 is 1.29 bits per heavy atom. The molecule has 0 radical (unpaired) electrons. The molecular weight excluding hydrogens is 813 g/mol. The number of alkyl halides is 4. The summed E-state index contributed by atoms with van der Waals surface area (Å²) >= 11 is 15.9. The lowest BCUT2D eigenvalue weighted by molar-refractivity contribution is 0.0673. The highest BCUT2D eigenvalue weighted by atomic mass is 79.9. The molecule has 10 heteroatoms. The van der Waals surface area contributed by atoms with E-state index in [4.69, 9.17) is 32.8 Å². The Hall–Kier alpha value is -1.35. The molecule has 306 valence electrons. The van der Waals surface area contributed by atoms with Crippen LogP contribution in [0.4, 0.5) is 17.6 Å². The maximum absolute atomic E-state index is 14.5. The van der Waals surface area contributed by atoms with Gasteiger partial charge in [0, 0.05) is 37.7 Å². The summed E-state index contributed by atoms with van der Waals surface area (Å²) in [5.41, 5.74) is 2.79. The fraction of sp³-hybridized carbons (Fsp3) is 0.711. The van der Waals surface area contributed by atoms with Gasteiger partial charge in [-0.3, -0.25) is 0 Å². The first-order chi connectivity index (χ1) is 25.4. The van der Waals surface area contributed by atoms with Crippen LogP contribution in [0.3, 0.4) is 0 Å². The largest absolute Gasteiger partial charge is 0.395 e. The van der Waals surface area contributed by atoms with Gasteiger partial charge in [0.1, 0.15) is 6.61 Å². The first-order valence-electron chi connectivity index (χ1n) is 20.2. The van der Waals surface area contributed by atoms with Crippen LogP contribution in [0.25, 0.3) is 0 Å². The topological polar surface area (TPSA) is 30.8 Å². The molecule has 2 heterocycles. The standard InChI is InChI=1S/C23H31ClF2O.C13H14BrClF2.C9H15NO/c1-13-8-9-22(12-27-11-17(22)14(13)2)15-6-7-16(18(24)10-15)19-20(21(3,4)5)23(19,25)26;1-12(2,3)11-10(13(11,16)17)8-5-4-7(14)6-9(8)15;1-6-3-4-9-8(7(6)2)5-11-10-9/h6-7,10,13-14,17,19-20H,8-9,11-12H2,1-5H3;4-6,10-11H,1-3H3;6-8H,3-5H2,1-2H3/t13-,14+,17?,19?,20?,22?;;6-,7+,8?/m0.0/s1. The minimum atomic E-state index is -2.67. The van der Waals surface area contributed by atoms with Gasteiger partial charge in [-0.1, -0.05) is 132 Å². The van der Waals surface area contributed by atoms with Crippen LogP contribution in [0.1, 0.15) is 123 Å². The van der Waals surface area contributed by atoms with Crippen molar-refractivity contribution < 1.29 is 27.1 Å². The van der Waals surface area contributed by atoms with E-state index in [9.17, 15) is 17.6 Å². The lowest BCUT2D eigenvalue weighted by atomic mass is 9.58. The van der Waals surface area contributed by atoms with E-state index < -0.39 is 46.3 Å². The summed E-state index contributed by atoms with van der Waals surface area (Å²) in [5, 5.41) is 4.97. The van der Waals surface area contributed by atoms with Crippen LogP contribution in [-0.2, 0) is 15.0 Å². The Labute approximate surface area is 345 Å². The molecular formula is C45H60BrCl2F4NO2. The third-order valence-electron chi connectivity index (χ3n) is 14.4. The van der Waals surface area contributed by atoms with Crippen LogP contribution in [-0.4, -0.2) is 37.4 Å². The minimum absolute atomic E-state index is 0.0103. The second kappa shape index (κ2) is 15.4. The van der Waals surface area contributed by atoms with Crippen LogP contribution in [0.2, 0.25) is 10.0 Å². The molecule has 1 saturated heterocycles. The number of hydrogen-bond acceptors (Lipinski definition) is 3. The summed E-state index contributed by atoms with van der Waals surface area (Å²) in [6.45, 7) is 22.8. The summed E-state index contributed by atoms with van der Waals surface area (Å²) in [6.07, 6.45) is 4.71. The van der Waals surface area contributed by atoms with Gasteiger partial charge in [0.05, 0.1) is 30.8 Å². The van der Waals surface area contributed by atoms with Crippen molar-refractivity contribution in [2.24, 2.45) is 63.3 Å². The van der Waals surface area contributed by atoms with Gasteiger partial charge in [0.25, 0.3) is 11.8 Å². The Morgan fingerprint density at radius 3 is 1.82 bits per heavy atom. The van der Waals surface area contributed by atoms with Gasteiger partial charge < -0.3 is 9.57 Å². The van der Waals surface area contributed by atoms with Crippen molar-refractivity contribution >= 4 is 44.8 Å². The predicted octanol–water partition coefficient (Wildman–Crippen LogP) is 14.2. The molecule has 4 saturated carbocycles. The summed E-state index contributed by atoms with van der Waals surface area (Å²) in [6, 6.07) is 11.0. The number of rotatable bonds is 3. The lowest BCUT2D eigenvalue weighted by Gasteiger charge is -2.45. The van der Waals surface area contributed by atoms with E-state index in [0.29, 0.717) is 51.5 Å². The maximum Gasteiger partial charge on any atom is 0.259 e. The van der Waals surface area contributed by atoms with Crippen molar-refractivity contribution in [3.05, 3.63) is 67.6 Å². The van der Waals surface area contributed by atoms with E-state index >= 15 is 0 Å².